The molecule has 0 aromatic carbocycles. The number of hydrogen-bond acceptors (Lipinski definition) is 5. The molecule has 1 unspecified atom stereocenters. The van der Waals surface area contributed by atoms with Gasteiger partial charge in [-0.15, -0.1) is 11.3 Å². The highest BCUT2D eigenvalue weighted by Crippen LogP contribution is 2.19. The van der Waals surface area contributed by atoms with Gasteiger partial charge in [-0.3, -0.25) is 16.0 Å². The van der Waals surface area contributed by atoms with Crippen LogP contribution in [0.2, 0.25) is 0 Å². The average molecular weight is 251 g/mol. The molecular formula is C11H17N5S. The Balaban J connectivity index is 2.19. The van der Waals surface area contributed by atoms with Gasteiger partial charge in [-0.1, -0.05) is 6.92 Å². The van der Waals surface area contributed by atoms with Crippen LogP contribution in [-0.2, 0) is 19.9 Å². The highest BCUT2D eigenvalue weighted by molar-refractivity contribution is 7.09. The summed E-state index contributed by atoms with van der Waals surface area (Å²) >= 11 is 1.64. The normalized spacial score (nSPS) is 12.9. The fourth-order valence-corrected chi connectivity index (χ4v) is 2.48. The van der Waals surface area contributed by atoms with Gasteiger partial charge in [-0.2, -0.15) is 5.10 Å². The number of hydrogen-bond donors (Lipinski definition) is 2. The van der Waals surface area contributed by atoms with E-state index in [1.807, 2.05) is 23.3 Å². The van der Waals surface area contributed by atoms with Crippen molar-refractivity contribution in [2.24, 2.45) is 12.9 Å². The van der Waals surface area contributed by atoms with Crippen molar-refractivity contribution in [3.8, 4) is 0 Å². The molecule has 0 aliphatic carbocycles. The Kier molecular flexibility index (Phi) is 3.88. The van der Waals surface area contributed by atoms with Crippen LogP contribution < -0.4 is 11.3 Å². The first-order chi connectivity index (χ1) is 8.24. The van der Waals surface area contributed by atoms with Crippen LogP contribution >= 0.6 is 11.3 Å². The number of thiazole rings is 1. The molecule has 0 radical (unpaired) electrons. The van der Waals surface area contributed by atoms with Gasteiger partial charge in [0.2, 0.25) is 0 Å². The summed E-state index contributed by atoms with van der Waals surface area (Å²) in [6, 6.07) is 2.15. The maximum atomic E-state index is 5.63. The highest BCUT2D eigenvalue weighted by Gasteiger charge is 2.16. The van der Waals surface area contributed by atoms with Gasteiger partial charge in [0.15, 0.2) is 0 Å². The molecule has 0 saturated carbocycles. The van der Waals surface area contributed by atoms with E-state index in [1.54, 1.807) is 11.3 Å². The van der Waals surface area contributed by atoms with Gasteiger partial charge in [-0.05, 0) is 12.5 Å². The molecule has 0 aliphatic rings. The van der Waals surface area contributed by atoms with Crippen molar-refractivity contribution < 1.29 is 0 Å². The fraction of sp³-hybridized carbons (Fsp3) is 0.455. The van der Waals surface area contributed by atoms with Crippen LogP contribution in [0.25, 0.3) is 0 Å². The lowest BCUT2D eigenvalue weighted by molar-refractivity contribution is 0.507. The van der Waals surface area contributed by atoms with Gasteiger partial charge in [0.25, 0.3) is 0 Å². The molecule has 6 heteroatoms. The SMILES string of the molecule is CCc1cc(C(Cc2nccs2)NN)n(C)n1. The second-order valence-corrected chi connectivity index (χ2v) is 4.87. The molecule has 2 heterocycles. The zero-order chi connectivity index (χ0) is 12.3. The number of nitrogens with zero attached hydrogens (tertiary/aromatic N) is 3. The third-order valence-electron chi connectivity index (χ3n) is 2.75. The highest BCUT2D eigenvalue weighted by atomic mass is 32.1. The van der Waals surface area contributed by atoms with Crippen molar-refractivity contribution in [1.29, 1.82) is 0 Å². The van der Waals surface area contributed by atoms with Crippen molar-refractivity contribution in [1.82, 2.24) is 20.2 Å². The summed E-state index contributed by atoms with van der Waals surface area (Å²) in [5.41, 5.74) is 5.02. The molecule has 5 nitrogen and oxygen atoms in total. The molecule has 0 bridgehead atoms. The molecule has 0 saturated heterocycles. The zero-order valence-electron chi connectivity index (χ0n) is 10.1. The Hall–Kier alpha value is -1.24. The second kappa shape index (κ2) is 5.39. The Labute approximate surface area is 105 Å². The number of rotatable bonds is 5. The third-order valence-corrected chi connectivity index (χ3v) is 3.55. The van der Waals surface area contributed by atoms with Crippen molar-refractivity contribution in [3.63, 3.8) is 0 Å². The lowest BCUT2D eigenvalue weighted by Crippen LogP contribution is -2.31. The molecule has 2 rings (SSSR count). The lowest BCUT2D eigenvalue weighted by atomic mass is 10.1. The maximum Gasteiger partial charge on any atom is 0.0944 e. The number of aryl methyl sites for hydroxylation is 2. The number of nitrogens with one attached hydrogen (secondary N) is 1. The number of hydrazine groups is 1. The standard InChI is InChI=1S/C11H17N5S/c1-3-8-6-10(16(2)15-8)9(14-12)7-11-13-4-5-17-11/h4-6,9,14H,3,7,12H2,1-2H3. The molecule has 0 amide bonds. The molecule has 0 spiro atoms. The summed E-state index contributed by atoms with van der Waals surface area (Å²) in [5, 5.41) is 7.48. The fourth-order valence-electron chi connectivity index (χ4n) is 1.82. The summed E-state index contributed by atoms with van der Waals surface area (Å²) in [6.07, 6.45) is 3.54. The number of aromatic nitrogens is 3. The maximum absolute atomic E-state index is 5.63. The van der Waals surface area contributed by atoms with E-state index in [-0.39, 0.29) is 6.04 Å². The van der Waals surface area contributed by atoms with E-state index in [9.17, 15) is 0 Å². The minimum Gasteiger partial charge on any atom is -0.271 e. The summed E-state index contributed by atoms with van der Waals surface area (Å²) in [6.45, 7) is 2.10. The largest absolute Gasteiger partial charge is 0.271 e. The smallest absolute Gasteiger partial charge is 0.0944 e. The molecule has 1 atom stereocenters. The monoisotopic (exact) mass is 251 g/mol. The van der Waals surface area contributed by atoms with Crippen LogP contribution in [0.1, 0.15) is 29.4 Å². The third kappa shape index (κ3) is 2.71. The molecule has 0 fully saturated rings. The zero-order valence-corrected chi connectivity index (χ0v) is 10.9. The Morgan fingerprint density at radius 2 is 2.41 bits per heavy atom. The Bertz CT molecular complexity index is 462. The molecule has 0 aliphatic heterocycles. The van der Waals surface area contributed by atoms with Crippen LogP contribution in [0.4, 0.5) is 0 Å². The first-order valence-electron chi connectivity index (χ1n) is 5.62. The van der Waals surface area contributed by atoms with Crippen molar-refractivity contribution >= 4 is 11.3 Å². The quantitative estimate of drug-likeness (QED) is 0.618. The average Bonchev–Trinajstić information content (AvgIpc) is 2.95. The summed E-state index contributed by atoms with van der Waals surface area (Å²) in [5.74, 6) is 5.63. The van der Waals surface area contributed by atoms with Crippen LogP contribution in [0.15, 0.2) is 17.6 Å². The van der Waals surface area contributed by atoms with E-state index in [4.69, 9.17) is 5.84 Å². The van der Waals surface area contributed by atoms with Crippen LogP contribution in [0.3, 0.4) is 0 Å². The van der Waals surface area contributed by atoms with Gasteiger partial charge in [0.05, 0.1) is 22.4 Å². The van der Waals surface area contributed by atoms with E-state index in [2.05, 4.69) is 28.5 Å². The molecule has 17 heavy (non-hydrogen) atoms. The van der Waals surface area contributed by atoms with E-state index < -0.39 is 0 Å². The van der Waals surface area contributed by atoms with Crippen LogP contribution in [0.5, 0.6) is 0 Å². The Morgan fingerprint density at radius 3 is 2.94 bits per heavy atom. The number of nitrogens with two attached hydrogens (primary N) is 1. The van der Waals surface area contributed by atoms with Gasteiger partial charge in [-0.25, -0.2) is 4.98 Å². The van der Waals surface area contributed by atoms with E-state index in [0.717, 1.165) is 29.2 Å². The topological polar surface area (TPSA) is 68.8 Å². The van der Waals surface area contributed by atoms with Gasteiger partial charge in [0.1, 0.15) is 0 Å². The van der Waals surface area contributed by atoms with Crippen LogP contribution in [0, 0.1) is 0 Å². The predicted molar refractivity (Wildman–Crippen MR) is 68.5 cm³/mol. The Morgan fingerprint density at radius 1 is 1.59 bits per heavy atom. The molecule has 92 valence electrons. The van der Waals surface area contributed by atoms with Crippen molar-refractivity contribution in [2.75, 3.05) is 0 Å². The van der Waals surface area contributed by atoms with Gasteiger partial charge in [0, 0.05) is 25.0 Å². The first kappa shape index (κ1) is 12.2. The first-order valence-corrected chi connectivity index (χ1v) is 6.49. The minimum atomic E-state index is 0.0546. The summed E-state index contributed by atoms with van der Waals surface area (Å²) < 4.78 is 1.89. The van der Waals surface area contributed by atoms with Gasteiger partial charge < -0.3 is 0 Å². The van der Waals surface area contributed by atoms with E-state index >= 15 is 0 Å². The lowest BCUT2D eigenvalue weighted by Gasteiger charge is -2.14. The molecule has 3 N–H and O–H groups in total. The van der Waals surface area contributed by atoms with Crippen molar-refractivity contribution in [2.45, 2.75) is 25.8 Å². The molecule has 2 aromatic rings. The van der Waals surface area contributed by atoms with Crippen LogP contribution in [-0.4, -0.2) is 14.8 Å². The van der Waals surface area contributed by atoms with Crippen molar-refractivity contribution in [3.05, 3.63) is 34.0 Å². The predicted octanol–water partition coefficient (Wildman–Crippen LogP) is 1.19. The second-order valence-electron chi connectivity index (χ2n) is 3.89. The van der Waals surface area contributed by atoms with E-state index in [1.165, 1.54) is 0 Å². The van der Waals surface area contributed by atoms with E-state index in [0.29, 0.717) is 0 Å². The molecule has 2 aromatic heterocycles. The summed E-state index contributed by atoms with van der Waals surface area (Å²) in [4.78, 5) is 4.28. The summed E-state index contributed by atoms with van der Waals surface area (Å²) in [7, 11) is 1.95. The van der Waals surface area contributed by atoms with Gasteiger partial charge >= 0.3 is 0 Å². The molecular weight excluding hydrogens is 234 g/mol. The minimum absolute atomic E-state index is 0.0546.